The average molecular weight is 392 g/mol. The first kappa shape index (κ1) is 19.3. The number of carbonyl (C=O) groups excluding carboxylic acids is 2. The number of halogens is 1. The van der Waals surface area contributed by atoms with Crippen molar-refractivity contribution in [2.75, 3.05) is 31.6 Å². The molecule has 144 valence electrons. The Balaban J connectivity index is 1.58. The third kappa shape index (κ3) is 5.05. The van der Waals surface area contributed by atoms with Crippen molar-refractivity contribution in [1.29, 1.82) is 0 Å². The van der Waals surface area contributed by atoms with Crippen LogP contribution in [0.25, 0.3) is 5.69 Å². The third-order valence-electron chi connectivity index (χ3n) is 4.47. The molecule has 0 unspecified atom stereocenters. The van der Waals surface area contributed by atoms with Gasteiger partial charge in [-0.05, 0) is 51.1 Å². The van der Waals surface area contributed by atoms with Gasteiger partial charge in [0.1, 0.15) is 12.7 Å². The molecule has 2 aromatic rings. The van der Waals surface area contributed by atoms with Crippen molar-refractivity contribution in [3.63, 3.8) is 0 Å². The van der Waals surface area contributed by atoms with Crippen LogP contribution in [0.3, 0.4) is 0 Å². The van der Waals surface area contributed by atoms with Crippen LogP contribution in [-0.2, 0) is 14.3 Å². The van der Waals surface area contributed by atoms with E-state index in [1.165, 1.54) is 6.33 Å². The van der Waals surface area contributed by atoms with E-state index >= 15 is 0 Å². The van der Waals surface area contributed by atoms with Gasteiger partial charge in [-0.2, -0.15) is 5.10 Å². The molecule has 0 aliphatic carbocycles. The number of hydrogen-bond acceptors (Lipinski definition) is 6. The van der Waals surface area contributed by atoms with Crippen LogP contribution >= 0.6 is 11.6 Å². The van der Waals surface area contributed by atoms with Crippen molar-refractivity contribution in [3.8, 4) is 5.69 Å². The minimum atomic E-state index is -0.145. The highest BCUT2D eigenvalue weighted by Gasteiger charge is 2.26. The van der Waals surface area contributed by atoms with Crippen LogP contribution in [0.1, 0.15) is 19.8 Å². The first-order valence-electron chi connectivity index (χ1n) is 8.90. The van der Waals surface area contributed by atoms with Crippen molar-refractivity contribution in [2.24, 2.45) is 5.92 Å². The predicted molar refractivity (Wildman–Crippen MR) is 101 cm³/mol. The van der Waals surface area contributed by atoms with E-state index in [0.29, 0.717) is 48.9 Å². The maximum absolute atomic E-state index is 12.5. The zero-order valence-electron chi connectivity index (χ0n) is 15.1. The normalized spacial score (nSPS) is 15.5. The minimum Gasteiger partial charge on any atom is -0.466 e. The van der Waals surface area contributed by atoms with Crippen LogP contribution < -0.4 is 5.32 Å². The number of nitrogens with one attached hydrogen (secondary N) is 1. The molecule has 0 saturated carbocycles. The van der Waals surface area contributed by atoms with E-state index in [4.69, 9.17) is 16.3 Å². The highest BCUT2D eigenvalue weighted by atomic mass is 35.5. The fourth-order valence-electron chi connectivity index (χ4n) is 3.12. The highest BCUT2D eigenvalue weighted by Crippen LogP contribution is 2.24. The predicted octanol–water partition coefficient (Wildman–Crippen LogP) is 2.13. The molecular weight excluding hydrogens is 370 g/mol. The summed E-state index contributed by atoms with van der Waals surface area (Å²) in [5.74, 6) is -0.359. The minimum absolute atomic E-state index is 0.0730. The number of carbonyl (C=O) groups is 2. The van der Waals surface area contributed by atoms with Gasteiger partial charge in [-0.25, -0.2) is 9.67 Å². The van der Waals surface area contributed by atoms with Gasteiger partial charge in [0, 0.05) is 5.02 Å². The summed E-state index contributed by atoms with van der Waals surface area (Å²) in [4.78, 5) is 30.3. The summed E-state index contributed by atoms with van der Waals surface area (Å²) in [7, 11) is 0. The van der Waals surface area contributed by atoms with Gasteiger partial charge in [-0.3, -0.25) is 14.5 Å². The van der Waals surface area contributed by atoms with Crippen molar-refractivity contribution in [3.05, 3.63) is 35.9 Å². The molecule has 0 atom stereocenters. The molecule has 8 nitrogen and oxygen atoms in total. The fraction of sp³-hybridized carbons (Fsp3) is 0.444. The molecule has 1 aromatic carbocycles. The summed E-state index contributed by atoms with van der Waals surface area (Å²) in [5, 5.41) is 7.51. The van der Waals surface area contributed by atoms with Crippen LogP contribution in [-0.4, -0.2) is 57.8 Å². The number of aromatic nitrogens is 3. The molecular formula is C18H22ClN5O3. The second-order valence-electron chi connectivity index (χ2n) is 6.35. The Morgan fingerprint density at radius 1 is 1.33 bits per heavy atom. The van der Waals surface area contributed by atoms with Crippen molar-refractivity contribution < 1.29 is 14.3 Å². The van der Waals surface area contributed by atoms with E-state index in [1.54, 1.807) is 36.1 Å². The Bertz CT molecular complexity index is 788. The van der Waals surface area contributed by atoms with Crippen LogP contribution in [0.15, 0.2) is 30.9 Å². The SMILES string of the molecule is CCOC(=O)C1CCN(CC(=O)Nc2cc(Cl)ccc2-n2cncn2)CC1. The summed E-state index contributed by atoms with van der Waals surface area (Å²) < 4.78 is 6.64. The molecule has 1 aliphatic heterocycles. The van der Waals surface area contributed by atoms with Gasteiger partial charge >= 0.3 is 5.97 Å². The first-order valence-corrected chi connectivity index (χ1v) is 9.28. The zero-order valence-corrected chi connectivity index (χ0v) is 15.9. The van der Waals surface area contributed by atoms with Gasteiger partial charge in [0.15, 0.2) is 0 Å². The summed E-state index contributed by atoms with van der Waals surface area (Å²) in [5.41, 5.74) is 1.26. The molecule has 2 heterocycles. The van der Waals surface area contributed by atoms with Crippen molar-refractivity contribution >= 4 is 29.2 Å². The summed E-state index contributed by atoms with van der Waals surface area (Å²) in [6, 6.07) is 5.19. The largest absolute Gasteiger partial charge is 0.466 e. The number of nitrogens with zero attached hydrogens (tertiary/aromatic N) is 4. The molecule has 1 fully saturated rings. The lowest BCUT2D eigenvalue weighted by molar-refractivity contribution is -0.149. The molecule has 0 radical (unpaired) electrons. The second-order valence-corrected chi connectivity index (χ2v) is 6.79. The van der Waals surface area contributed by atoms with Crippen LogP contribution in [0.2, 0.25) is 5.02 Å². The number of amides is 1. The number of hydrogen-bond donors (Lipinski definition) is 1. The Morgan fingerprint density at radius 2 is 2.11 bits per heavy atom. The van der Waals surface area contributed by atoms with Crippen LogP contribution in [0.5, 0.6) is 0 Å². The molecule has 0 bridgehead atoms. The Labute approximate surface area is 162 Å². The summed E-state index contributed by atoms with van der Waals surface area (Å²) in [6.45, 7) is 3.82. The van der Waals surface area contributed by atoms with Gasteiger partial charge in [-0.1, -0.05) is 11.6 Å². The van der Waals surface area contributed by atoms with E-state index in [-0.39, 0.29) is 24.3 Å². The van der Waals surface area contributed by atoms with E-state index < -0.39 is 0 Å². The van der Waals surface area contributed by atoms with E-state index in [2.05, 4.69) is 15.4 Å². The molecule has 1 aromatic heterocycles. The maximum Gasteiger partial charge on any atom is 0.309 e. The van der Waals surface area contributed by atoms with Crippen LogP contribution in [0, 0.1) is 5.92 Å². The van der Waals surface area contributed by atoms with Crippen molar-refractivity contribution in [1.82, 2.24) is 19.7 Å². The number of ether oxygens (including phenoxy) is 1. The Kier molecular flexibility index (Phi) is 6.41. The lowest BCUT2D eigenvalue weighted by Gasteiger charge is -2.30. The fourth-order valence-corrected chi connectivity index (χ4v) is 3.29. The van der Waals surface area contributed by atoms with Crippen LogP contribution in [0.4, 0.5) is 5.69 Å². The number of benzene rings is 1. The lowest BCUT2D eigenvalue weighted by atomic mass is 9.97. The maximum atomic E-state index is 12.5. The van der Waals surface area contributed by atoms with Gasteiger partial charge in [-0.15, -0.1) is 0 Å². The van der Waals surface area contributed by atoms with Gasteiger partial charge in [0.25, 0.3) is 0 Å². The molecule has 1 saturated heterocycles. The molecule has 1 amide bonds. The Hall–Kier alpha value is -2.45. The number of anilines is 1. The molecule has 0 spiro atoms. The molecule has 3 rings (SSSR count). The second kappa shape index (κ2) is 8.96. The molecule has 1 aliphatic rings. The number of piperidine rings is 1. The standard InChI is InChI=1S/C18H22ClN5O3/c1-2-27-18(26)13-5-7-23(8-6-13)10-17(25)22-15-9-14(19)3-4-16(15)24-12-20-11-21-24/h3-4,9,11-13H,2,5-8,10H2,1H3,(H,22,25). The highest BCUT2D eigenvalue weighted by molar-refractivity contribution is 6.31. The molecule has 27 heavy (non-hydrogen) atoms. The van der Waals surface area contributed by atoms with E-state index in [0.717, 1.165) is 0 Å². The molecule has 1 N–H and O–H groups in total. The van der Waals surface area contributed by atoms with Gasteiger partial charge in [0.05, 0.1) is 30.4 Å². The lowest BCUT2D eigenvalue weighted by Crippen LogP contribution is -2.41. The Morgan fingerprint density at radius 3 is 2.78 bits per heavy atom. The third-order valence-corrected chi connectivity index (χ3v) is 4.71. The average Bonchev–Trinajstić information content (AvgIpc) is 3.17. The number of likely N-dealkylation sites (tertiary alicyclic amines) is 1. The quantitative estimate of drug-likeness (QED) is 0.759. The van der Waals surface area contributed by atoms with Crippen molar-refractivity contribution in [2.45, 2.75) is 19.8 Å². The summed E-state index contributed by atoms with van der Waals surface area (Å²) in [6.07, 6.45) is 4.38. The number of rotatable bonds is 6. The van der Waals surface area contributed by atoms with Gasteiger partial charge < -0.3 is 10.1 Å². The smallest absolute Gasteiger partial charge is 0.309 e. The van der Waals surface area contributed by atoms with E-state index in [9.17, 15) is 9.59 Å². The number of esters is 1. The summed E-state index contributed by atoms with van der Waals surface area (Å²) >= 11 is 6.07. The van der Waals surface area contributed by atoms with E-state index in [1.807, 2.05) is 4.90 Å². The zero-order chi connectivity index (χ0) is 19.2. The topological polar surface area (TPSA) is 89.4 Å². The molecule has 9 heteroatoms. The monoisotopic (exact) mass is 391 g/mol. The first-order chi connectivity index (χ1) is 13.1. The van der Waals surface area contributed by atoms with Gasteiger partial charge in [0.2, 0.25) is 5.91 Å².